The lowest BCUT2D eigenvalue weighted by Crippen LogP contribution is -2.42. The molecule has 0 spiro atoms. The molecule has 17 heavy (non-hydrogen) atoms. The van der Waals surface area contributed by atoms with E-state index < -0.39 is 6.10 Å². The first-order valence-electron chi connectivity index (χ1n) is 5.22. The van der Waals surface area contributed by atoms with Crippen molar-refractivity contribution < 1.29 is 5.11 Å². The Hall–Kier alpha value is -0.320. The first-order valence-corrected chi connectivity index (χ1v) is 5.22. The molecule has 0 radical (unpaired) electrons. The normalized spacial score (nSPS) is 13.5. The lowest BCUT2D eigenvalue weighted by molar-refractivity contribution is 0.111. The molecule has 5 heteroatoms. The number of aliphatic hydroxyl groups is 1. The predicted molar refractivity (Wildman–Crippen MR) is 77.2 cm³/mol. The largest absolute Gasteiger partial charge is 0.390 e. The maximum atomic E-state index is 9.78. The minimum Gasteiger partial charge on any atom is -0.390 e. The molecule has 0 heterocycles. The van der Waals surface area contributed by atoms with Crippen LogP contribution in [-0.4, -0.2) is 42.8 Å². The van der Waals surface area contributed by atoms with Crippen molar-refractivity contribution in [3.8, 4) is 0 Å². The fraction of sp³-hybridized carbons (Fsp3) is 0.500. The number of rotatable bonds is 5. The number of nitrogens with two attached hydrogens (primary N) is 1. The number of halogens is 2. The molecule has 1 aromatic rings. The Bertz CT molecular complexity index is 283. The third kappa shape index (κ3) is 7.58. The Kier molecular flexibility index (Phi) is 10.8. The summed E-state index contributed by atoms with van der Waals surface area (Å²) in [6.45, 7) is 0.605. The highest BCUT2D eigenvalue weighted by molar-refractivity contribution is 5.85. The Morgan fingerprint density at radius 1 is 1.18 bits per heavy atom. The zero-order chi connectivity index (χ0) is 11.3. The summed E-state index contributed by atoms with van der Waals surface area (Å²) in [5, 5.41) is 9.78. The molecule has 3 N–H and O–H groups in total. The molecule has 1 rings (SSSR count). The van der Waals surface area contributed by atoms with Gasteiger partial charge in [0.15, 0.2) is 0 Å². The summed E-state index contributed by atoms with van der Waals surface area (Å²) < 4.78 is 0. The molecule has 0 aromatic heterocycles. The second kappa shape index (κ2) is 9.68. The van der Waals surface area contributed by atoms with Gasteiger partial charge < -0.3 is 15.7 Å². The molecular weight excluding hydrogens is 259 g/mol. The molecule has 0 aliphatic carbocycles. The van der Waals surface area contributed by atoms with Crippen LogP contribution >= 0.6 is 24.8 Å². The standard InChI is InChI=1S/C12H20N2O.2ClH/c1-14(2)9-12(15)11(13)8-10-6-4-3-5-7-10;;/h3-7,11-12,15H,8-9,13H2,1-2H3;2*1H. The quantitative estimate of drug-likeness (QED) is 0.856. The third-order valence-electron chi connectivity index (χ3n) is 2.36. The molecule has 2 unspecified atom stereocenters. The molecule has 0 saturated carbocycles. The Morgan fingerprint density at radius 3 is 2.18 bits per heavy atom. The molecule has 3 nitrogen and oxygen atoms in total. The van der Waals surface area contributed by atoms with Crippen LogP contribution in [0.25, 0.3) is 0 Å². The number of benzene rings is 1. The second-order valence-corrected chi connectivity index (χ2v) is 4.18. The second-order valence-electron chi connectivity index (χ2n) is 4.18. The van der Waals surface area contributed by atoms with Crippen LogP contribution in [0.2, 0.25) is 0 Å². The minimum atomic E-state index is -0.472. The zero-order valence-electron chi connectivity index (χ0n) is 10.2. The zero-order valence-corrected chi connectivity index (χ0v) is 11.9. The first-order chi connectivity index (χ1) is 7.09. The van der Waals surface area contributed by atoms with E-state index in [1.54, 1.807) is 0 Å². The summed E-state index contributed by atoms with van der Waals surface area (Å²) in [6, 6.07) is 9.81. The van der Waals surface area contributed by atoms with E-state index in [-0.39, 0.29) is 30.9 Å². The highest BCUT2D eigenvalue weighted by Crippen LogP contribution is 2.04. The van der Waals surface area contributed by atoms with E-state index in [9.17, 15) is 5.11 Å². The molecule has 0 aliphatic heterocycles. The SMILES string of the molecule is CN(C)CC(O)C(N)Cc1ccccc1.Cl.Cl. The van der Waals surface area contributed by atoms with Crippen LogP contribution in [0.4, 0.5) is 0 Å². The summed E-state index contributed by atoms with van der Waals surface area (Å²) >= 11 is 0. The highest BCUT2D eigenvalue weighted by atomic mass is 35.5. The van der Waals surface area contributed by atoms with Gasteiger partial charge >= 0.3 is 0 Å². The number of hydrogen-bond acceptors (Lipinski definition) is 3. The van der Waals surface area contributed by atoms with Gasteiger partial charge in [0.05, 0.1) is 6.10 Å². The van der Waals surface area contributed by atoms with Crippen LogP contribution in [0.15, 0.2) is 30.3 Å². The fourth-order valence-corrected chi connectivity index (χ4v) is 1.53. The fourth-order valence-electron chi connectivity index (χ4n) is 1.53. The van der Waals surface area contributed by atoms with Gasteiger partial charge in [0.2, 0.25) is 0 Å². The van der Waals surface area contributed by atoms with E-state index in [0.29, 0.717) is 6.54 Å². The predicted octanol–water partition coefficient (Wildman–Crippen LogP) is 1.32. The molecule has 1 aromatic carbocycles. The molecule has 100 valence electrons. The van der Waals surface area contributed by atoms with Crippen LogP contribution in [0.1, 0.15) is 5.56 Å². The lowest BCUT2D eigenvalue weighted by Gasteiger charge is -2.22. The van der Waals surface area contributed by atoms with Gasteiger partial charge in [0, 0.05) is 12.6 Å². The van der Waals surface area contributed by atoms with Crippen LogP contribution in [0.3, 0.4) is 0 Å². The van der Waals surface area contributed by atoms with E-state index in [4.69, 9.17) is 5.73 Å². The van der Waals surface area contributed by atoms with Gasteiger partial charge in [0.25, 0.3) is 0 Å². The number of hydrogen-bond donors (Lipinski definition) is 2. The molecule has 0 saturated heterocycles. The lowest BCUT2D eigenvalue weighted by atomic mass is 10.0. The smallest absolute Gasteiger partial charge is 0.0820 e. The Morgan fingerprint density at radius 2 is 1.71 bits per heavy atom. The van der Waals surface area contributed by atoms with Crippen LogP contribution in [0, 0.1) is 0 Å². The number of nitrogens with zero attached hydrogens (tertiary/aromatic N) is 1. The van der Waals surface area contributed by atoms with E-state index >= 15 is 0 Å². The van der Waals surface area contributed by atoms with Gasteiger partial charge in [-0.2, -0.15) is 0 Å². The highest BCUT2D eigenvalue weighted by Gasteiger charge is 2.15. The number of likely N-dealkylation sites (N-methyl/N-ethyl adjacent to an activating group) is 1. The van der Waals surface area contributed by atoms with Crippen molar-refractivity contribution in [1.29, 1.82) is 0 Å². The Balaban J connectivity index is 0. The third-order valence-corrected chi connectivity index (χ3v) is 2.36. The summed E-state index contributed by atoms with van der Waals surface area (Å²) in [6.07, 6.45) is 0.246. The first kappa shape index (κ1) is 19.0. The van der Waals surface area contributed by atoms with Crippen LogP contribution < -0.4 is 5.73 Å². The summed E-state index contributed by atoms with van der Waals surface area (Å²) in [5.74, 6) is 0. The van der Waals surface area contributed by atoms with Crippen molar-refractivity contribution in [3.05, 3.63) is 35.9 Å². The molecule has 2 atom stereocenters. The Labute approximate surface area is 116 Å². The maximum Gasteiger partial charge on any atom is 0.0820 e. The van der Waals surface area contributed by atoms with Gasteiger partial charge in [-0.25, -0.2) is 0 Å². The average molecular weight is 281 g/mol. The van der Waals surface area contributed by atoms with Crippen molar-refractivity contribution in [1.82, 2.24) is 4.90 Å². The van der Waals surface area contributed by atoms with Crippen molar-refractivity contribution in [2.75, 3.05) is 20.6 Å². The average Bonchev–Trinajstić information content (AvgIpc) is 2.18. The van der Waals surface area contributed by atoms with Crippen molar-refractivity contribution >= 4 is 24.8 Å². The molecule has 0 aliphatic rings. The van der Waals surface area contributed by atoms with Gasteiger partial charge in [-0.05, 0) is 26.1 Å². The molecule has 0 fully saturated rings. The van der Waals surface area contributed by atoms with Gasteiger partial charge in [-0.15, -0.1) is 24.8 Å². The van der Waals surface area contributed by atoms with Crippen molar-refractivity contribution in [3.63, 3.8) is 0 Å². The van der Waals surface area contributed by atoms with E-state index in [2.05, 4.69) is 0 Å². The van der Waals surface area contributed by atoms with E-state index in [1.807, 2.05) is 49.3 Å². The van der Waals surface area contributed by atoms with E-state index in [1.165, 1.54) is 5.56 Å². The monoisotopic (exact) mass is 280 g/mol. The van der Waals surface area contributed by atoms with Gasteiger partial charge in [0.1, 0.15) is 0 Å². The van der Waals surface area contributed by atoms with Crippen LogP contribution in [-0.2, 0) is 6.42 Å². The number of aliphatic hydroxyl groups excluding tert-OH is 1. The maximum absolute atomic E-state index is 9.78. The molecular formula is C12H22Cl2N2O. The van der Waals surface area contributed by atoms with Gasteiger partial charge in [-0.1, -0.05) is 30.3 Å². The topological polar surface area (TPSA) is 49.5 Å². The van der Waals surface area contributed by atoms with Gasteiger partial charge in [-0.3, -0.25) is 0 Å². The van der Waals surface area contributed by atoms with Crippen molar-refractivity contribution in [2.45, 2.75) is 18.6 Å². The molecule has 0 amide bonds. The van der Waals surface area contributed by atoms with Crippen molar-refractivity contribution in [2.24, 2.45) is 5.73 Å². The summed E-state index contributed by atoms with van der Waals surface area (Å²) in [7, 11) is 3.86. The van der Waals surface area contributed by atoms with Crippen LogP contribution in [0.5, 0.6) is 0 Å². The summed E-state index contributed by atoms with van der Waals surface area (Å²) in [5.41, 5.74) is 7.09. The molecule has 0 bridgehead atoms. The summed E-state index contributed by atoms with van der Waals surface area (Å²) in [4.78, 5) is 1.94. The minimum absolute atomic E-state index is 0. The van der Waals surface area contributed by atoms with E-state index in [0.717, 1.165) is 6.42 Å².